The summed E-state index contributed by atoms with van der Waals surface area (Å²) in [5.41, 5.74) is 1.78. The number of hydrogen-bond donors (Lipinski definition) is 1. The Morgan fingerprint density at radius 2 is 2.24 bits per heavy atom. The first-order chi connectivity index (χ1) is 8.35. The van der Waals surface area contributed by atoms with E-state index in [0.717, 1.165) is 24.0 Å². The highest BCUT2D eigenvalue weighted by Gasteiger charge is 2.01. The molecule has 0 unspecified atom stereocenters. The Morgan fingerprint density at radius 3 is 3.00 bits per heavy atom. The van der Waals surface area contributed by atoms with Gasteiger partial charge in [0.15, 0.2) is 0 Å². The van der Waals surface area contributed by atoms with Crippen molar-refractivity contribution in [1.82, 2.24) is 9.88 Å². The normalized spacial score (nSPS) is 10.0. The van der Waals surface area contributed by atoms with Crippen molar-refractivity contribution >= 4 is 10.9 Å². The highest BCUT2D eigenvalue weighted by molar-refractivity contribution is 5.81. The Kier molecular flexibility index (Phi) is 3.45. The Morgan fingerprint density at radius 1 is 1.35 bits per heavy atom. The molecule has 0 bridgehead atoms. The molecule has 2 aromatic rings. The SMILES string of the molecule is C#CCNCCn1ccc2ccc(C#N)cc21. The molecule has 0 fully saturated rings. The average Bonchev–Trinajstić information content (AvgIpc) is 2.77. The lowest BCUT2D eigenvalue weighted by molar-refractivity contribution is 0.644. The van der Waals surface area contributed by atoms with Gasteiger partial charge in [0.25, 0.3) is 0 Å². The highest BCUT2D eigenvalue weighted by atomic mass is 15.0. The number of rotatable bonds is 4. The van der Waals surface area contributed by atoms with Crippen LogP contribution in [0.5, 0.6) is 0 Å². The molecule has 0 spiro atoms. The van der Waals surface area contributed by atoms with Crippen LogP contribution in [0.3, 0.4) is 0 Å². The van der Waals surface area contributed by atoms with Gasteiger partial charge in [-0.1, -0.05) is 12.0 Å². The van der Waals surface area contributed by atoms with Gasteiger partial charge in [-0.3, -0.25) is 0 Å². The van der Waals surface area contributed by atoms with Crippen LogP contribution in [0, 0.1) is 23.7 Å². The Hall–Kier alpha value is -2.23. The first kappa shape index (κ1) is 11.3. The zero-order chi connectivity index (χ0) is 12.1. The molecule has 0 amide bonds. The number of aromatic nitrogens is 1. The summed E-state index contributed by atoms with van der Waals surface area (Å²) in [6.45, 7) is 2.26. The summed E-state index contributed by atoms with van der Waals surface area (Å²) in [7, 11) is 0. The van der Waals surface area contributed by atoms with Gasteiger partial charge in [-0.15, -0.1) is 6.42 Å². The van der Waals surface area contributed by atoms with Gasteiger partial charge in [0, 0.05) is 24.8 Å². The summed E-state index contributed by atoms with van der Waals surface area (Å²) in [6.07, 6.45) is 7.19. The Balaban J connectivity index is 2.18. The second-order valence-electron chi connectivity index (χ2n) is 3.78. The second kappa shape index (κ2) is 5.21. The quantitative estimate of drug-likeness (QED) is 0.633. The minimum Gasteiger partial charge on any atom is -0.346 e. The number of terminal acetylenes is 1. The summed E-state index contributed by atoms with van der Waals surface area (Å²) in [6, 6.07) is 9.93. The van der Waals surface area contributed by atoms with Crippen molar-refractivity contribution in [2.45, 2.75) is 6.54 Å². The Bertz CT molecular complexity index is 596. The number of nitriles is 1. The van der Waals surface area contributed by atoms with Gasteiger partial charge >= 0.3 is 0 Å². The number of benzene rings is 1. The lowest BCUT2D eigenvalue weighted by Crippen LogP contribution is -2.19. The Labute approximate surface area is 101 Å². The molecular formula is C14H13N3. The third-order valence-corrected chi connectivity index (χ3v) is 2.66. The van der Waals surface area contributed by atoms with Crippen LogP contribution in [-0.2, 0) is 6.54 Å². The molecule has 0 atom stereocenters. The summed E-state index contributed by atoms with van der Waals surface area (Å²) < 4.78 is 2.12. The lowest BCUT2D eigenvalue weighted by Gasteiger charge is -2.05. The minimum atomic E-state index is 0.586. The summed E-state index contributed by atoms with van der Waals surface area (Å²) in [5.74, 6) is 2.54. The number of nitrogens with zero attached hydrogens (tertiary/aromatic N) is 2. The van der Waals surface area contributed by atoms with E-state index >= 15 is 0 Å². The predicted octanol–water partition coefficient (Wildman–Crippen LogP) is 1.74. The molecule has 3 heteroatoms. The fraction of sp³-hybridized carbons (Fsp3) is 0.214. The van der Waals surface area contributed by atoms with Crippen molar-refractivity contribution in [2.75, 3.05) is 13.1 Å². The van der Waals surface area contributed by atoms with E-state index < -0.39 is 0 Å². The molecule has 2 rings (SSSR count). The lowest BCUT2D eigenvalue weighted by atomic mass is 10.2. The smallest absolute Gasteiger partial charge is 0.0992 e. The molecule has 0 radical (unpaired) electrons. The maximum atomic E-state index is 8.88. The van der Waals surface area contributed by atoms with Crippen LogP contribution in [0.1, 0.15) is 5.56 Å². The molecule has 84 valence electrons. The van der Waals surface area contributed by atoms with Crippen LogP contribution in [0.25, 0.3) is 10.9 Å². The van der Waals surface area contributed by atoms with Crippen LogP contribution in [-0.4, -0.2) is 17.7 Å². The van der Waals surface area contributed by atoms with Crippen molar-refractivity contribution in [3.63, 3.8) is 0 Å². The maximum absolute atomic E-state index is 8.88. The first-order valence-electron chi connectivity index (χ1n) is 5.48. The van der Waals surface area contributed by atoms with Gasteiger partial charge in [-0.05, 0) is 23.6 Å². The molecule has 1 aromatic heterocycles. The van der Waals surface area contributed by atoms with E-state index in [1.165, 1.54) is 0 Å². The third kappa shape index (κ3) is 2.47. The molecule has 0 aliphatic carbocycles. The van der Waals surface area contributed by atoms with Gasteiger partial charge in [0.05, 0.1) is 18.2 Å². The van der Waals surface area contributed by atoms with Crippen LogP contribution in [0.4, 0.5) is 0 Å². The van der Waals surface area contributed by atoms with Gasteiger partial charge < -0.3 is 9.88 Å². The molecule has 0 saturated heterocycles. The van der Waals surface area contributed by atoms with Crippen LogP contribution in [0.15, 0.2) is 30.5 Å². The van der Waals surface area contributed by atoms with Gasteiger partial charge in [0.2, 0.25) is 0 Å². The standard InChI is InChI=1S/C14H13N3/c1-2-6-16-7-9-17-8-5-13-4-3-12(11-15)10-14(13)17/h1,3-5,8,10,16H,6-7,9H2. The maximum Gasteiger partial charge on any atom is 0.0992 e. The number of nitrogens with one attached hydrogen (secondary N) is 1. The van der Waals surface area contributed by atoms with E-state index in [0.29, 0.717) is 12.1 Å². The van der Waals surface area contributed by atoms with Crippen molar-refractivity contribution in [1.29, 1.82) is 5.26 Å². The molecule has 0 saturated carbocycles. The van der Waals surface area contributed by atoms with E-state index in [1.807, 2.05) is 24.4 Å². The van der Waals surface area contributed by atoms with E-state index in [9.17, 15) is 0 Å². The van der Waals surface area contributed by atoms with E-state index in [4.69, 9.17) is 11.7 Å². The molecule has 1 N–H and O–H groups in total. The van der Waals surface area contributed by atoms with Gasteiger partial charge in [-0.25, -0.2) is 0 Å². The van der Waals surface area contributed by atoms with Crippen molar-refractivity contribution in [3.8, 4) is 18.4 Å². The van der Waals surface area contributed by atoms with Crippen molar-refractivity contribution in [3.05, 3.63) is 36.0 Å². The van der Waals surface area contributed by atoms with Crippen LogP contribution < -0.4 is 5.32 Å². The molecule has 3 nitrogen and oxygen atoms in total. The molecule has 0 aliphatic rings. The molecule has 1 aromatic carbocycles. The minimum absolute atomic E-state index is 0.586. The third-order valence-electron chi connectivity index (χ3n) is 2.66. The summed E-state index contributed by atoms with van der Waals surface area (Å²) in [5, 5.41) is 13.2. The number of hydrogen-bond acceptors (Lipinski definition) is 2. The highest BCUT2D eigenvalue weighted by Crippen LogP contribution is 2.17. The first-order valence-corrected chi connectivity index (χ1v) is 5.48. The van der Waals surface area contributed by atoms with Gasteiger partial charge in [-0.2, -0.15) is 5.26 Å². The van der Waals surface area contributed by atoms with Crippen LogP contribution >= 0.6 is 0 Å². The van der Waals surface area contributed by atoms with E-state index in [-0.39, 0.29) is 0 Å². The molecular weight excluding hydrogens is 210 g/mol. The predicted molar refractivity (Wildman–Crippen MR) is 68.4 cm³/mol. The zero-order valence-electron chi connectivity index (χ0n) is 9.48. The number of fused-ring (bicyclic) bond motifs is 1. The monoisotopic (exact) mass is 223 g/mol. The van der Waals surface area contributed by atoms with Gasteiger partial charge in [0.1, 0.15) is 0 Å². The molecule has 1 heterocycles. The van der Waals surface area contributed by atoms with E-state index in [1.54, 1.807) is 0 Å². The van der Waals surface area contributed by atoms with E-state index in [2.05, 4.69) is 27.9 Å². The van der Waals surface area contributed by atoms with Crippen molar-refractivity contribution in [2.24, 2.45) is 0 Å². The fourth-order valence-corrected chi connectivity index (χ4v) is 1.81. The fourth-order valence-electron chi connectivity index (χ4n) is 1.81. The van der Waals surface area contributed by atoms with Crippen molar-refractivity contribution < 1.29 is 0 Å². The molecule has 17 heavy (non-hydrogen) atoms. The summed E-state index contributed by atoms with van der Waals surface area (Å²) in [4.78, 5) is 0. The average molecular weight is 223 g/mol. The largest absolute Gasteiger partial charge is 0.346 e. The zero-order valence-corrected chi connectivity index (χ0v) is 9.48. The second-order valence-corrected chi connectivity index (χ2v) is 3.78. The van der Waals surface area contributed by atoms with Crippen LogP contribution in [0.2, 0.25) is 0 Å². The molecule has 0 aliphatic heterocycles. The summed E-state index contributed by atoms with van der Waals surface area (Å²) >= 11 is 0. The topological polar surface area (TPSA) is 40.8 Å².